The molecule has 5 nitrogen and oxygen atoms in total. The Morgan fingerprint density at radius 3 is 2.52 bits per heavy atom. The molecule has 0 saturated carbocycles. The molecule has 21 heavy (non-hydrogen) atoms. The van der Waals surface area contributed by atoms with E-state index in [0.717, 1.165) is 25.5 Å². The molecule has 0 bridgehead atoms. The summed E-state index contributed by atoms with van der Waals surface area (Å²) in [5.74, 6) is 0.990. The van der Waals surface area contributed by atoms with Gasteiger partial charge in [-0.2, -0.15) is 5.10 Å². The maximum Gasteiger partial charge on any atom is 0.141 e. The molecule has 1 heterocycles. The van der Waals surface area contributed by atoms with Crippen LogP contribution in [0.25, 0.3) is 0 Å². The van der Waals surface area contributed by atoms with Crippen molar-refractivity contribution in [2.24, 2.45) is 5.73 Å². The Balaban J connectivity index is 0.00000220. The first-order chi connectivity index (χ1) is 9.70. The Bertz CT molecular complexity index is 512. The highest BCUT2D eigenvalue weighted by Gasteiger charge is 2.12. The molecule has 0 radical (unpaired) electrons. The lowest BCUT2D eigenvalue weighted by atomic mass is 10.2. The largest absolute Gasteiger partial charge is 0.329 e. The van der Waals surface area contributed by atoms with Gasteiger partial charge in [0.05, 0.1) is 6.54 Å². The zero-order chi connectivity index (χ0) is 14.4. The maximum atomic E-state index is 5.73. The van der Waals surface area contributed by atoms with Crippen LogP contribution in [0.15, 0.2) is 36.7 Å². The fourth-order valence-electron chi connectivity index (χ4n) is 2.26. The molecule has 0 aliphatic carbocycles. The summed E-state index contributed by atoms with van der Waals surface area (Å²) in [6, 6.07) is 10.8. The lowest BCUT2D eigenvalue weighted by Gasteiger charge is -2.22. The molecule has 2 rings (SSSR count). The number of halogens is 1. The number of hydrogen-bond donors (Lipinski definition) is 1. The van der Waals surface area contributed by atoms with E-state index >= 15 is 0 Å². The van der Waals surface area contributed by atoms with E-state index in [2.05, 4.69) is 53.1 Å². The van der Waals surface area contributed by atoms with Crippen molar-refractivity contribution in [3.8, 4) is 0 Å². The van der Waals surface area contributed by atoms with Gasteiger partial charge in [-0.15, -0.1) is 12.4 Å². The van der Waals surface area contributed by atoms with Crippen molar-refractivity contribution in [1.82, 2.24) is 19.7 Å². The van der Waals surface area contributed by atoms with Crippen molar-refractivity contribution >= 4 is 12.4 Å². The van der Waals surface area contributed by atoms with Crippen LogP contribution in [-0.2, 0) is 13.1 Å². The highest BCUT2D eigenvalue weighted by Crippen LogP contribution is 2.11. The van der Waals surface area contributed by atoms with Crippen molar-refractivity contribution < 1.29 is 0 Å². The second-order valence-electron chi connectivity index (χ2n) is 5.20. The third kappa shape index (κ3) is 5.12. The highest BCUT2D eigenvalue weighted by molar-refractivity contribution is 5.85. The lowest BCUT2D eigenvalue weighted by molar-refractivity contribution is 0.250. The van der Waals surface area contributed by atoms with Crippen LogP contribution in [0.1, 0.15) is 31.3 Å². The fraction of sp³-hybridized carbons (Fsp3) is 0.467. The molecule has 0 saturated heterocycles. The molecule has 1 aromatic heterocycles. The zero-order valence-corrected chi connectivity index (χ0v) is 13.5. The first-order valence-electron chi connectivity index (χ1n) is 7.05. The Hall–Kier alpha value is -1.43. The Kier molecular flexibility index (Phi) is 7.36. The summed E-state index contributed by atoms with van der Waals surface area (Å²) in [5.41, 5.74) is 7.01. The summed E-state index contributed by atoms with van der Waals surface area (Å²) >= 11 is 0. The topological polar surface area (TPSA) is 60.0 Å². The number of aromatic nitrogens is 3. The predicted molar refractivity (Wildman–Crippen MR) is 87.3 cm³/mol. The van der Waals surface area contributed by atoms with Gasteiger partial charge < -0.3 is 5.73 Å². The second kappa shape index (κ2) is 8.77. The molecule has 0 unspecified atom stereocenters. The lowest BCUT2D eigenvalue weighted by Crippen LogP contribution is -2.30. The van der Waals surface area contributed by atoms with Gasteiger partial charge in [-0.25, -0.2) is 9.67 Å². The SMILES string of the molecule is CC(C)n1ncnc1CN(CCN)Cc1ccccc1.Cl. The van der Waals surface area contributed by atoms with Gasteiger partial charge in [0.1, 0.15) is 12.2 Å². The summed E-state index contributed by atoms with van der Waals surface area (Å²) in [6.07, 6.45) is 1.62. The molecule has 1 aromatic carbocycles. The molecule has 116 valence electrons. The van der Waals surface area contributed by atoms with Crippen LogP contribution in [0, 0.1) is 0 Å². The van der Waals surface area contributed by atoms with E-state index in [1.54, 1.807) is 6.33 Å². The Morgan fingerprint density at radius 1 is 1.19 bits per heavy atom. The second-order valence-corrected chi connectivity index (χ2v) is 5.20. The number of nitrogens with zero attached hydrogens (tertiary/aromatic N) is 4. The maximum absolute atomic E-state index is 5.73. The van der Waals surface area contributed by atoms with E-state index in [4.69, 9.17) is 5.73 Å². The highest BCUT2D eigenvalue weighted by atomic mass is 35.5. The minimum absolute atomic E-state index is 0. The minimum Gasteiger partial charge on any atom is -0.329 e. The zero-order valence-electron chi connectivity index (χ0n) is 12.6. The standard InChI is InChI=1S/C15H23N5.ClH/c1-13(2)20-15(17-12-18-20)11-19(9-8-16)10-14-6-4-3-5-7-14;/h3-7,12-13H,8-11,16H2,1-2H3;1H. The minimum atomic E-state index is 0. The summed E-state index contributed by atoms with van der Waals surface area (Å²) in [7, 11) is 0. The van der Waals surface area contributed by atoms with Crippen LogP contribution in [0.4, 0.5) is 0 Å². The fourth-order valence-corrected chi connectivity index (χ4v) is 2.26. The van der Waals surface area contributed by atoms with Crippen molar-refractivity contribution in [2.45, 2.75) is 33.0 Å². The summed E-state index contributed by atoms with van der Waals surface area (Å²) in [4.78, 5) is 6.67. The number of nitrogens with two attached hydrogens (primary N) is 1. The molecule has 0 aliphatic rings. The van der Waals surface area contributed by atoms with Crippen LogP contribution < -0.4 is 5.73 Å². The van der Waals surface area contributed by atoms with Gasteiger partial charge >= 0.3 is 0 Å². The average Bonchev–Trinajstić information content (AvgIpc) is 2.88. The molecule has 0 spiro atoms. The van der Waals surface area contributed by atoms with E-state index in [9.17, 15) is 0 Å². The summed E-state index contributed by atoms with van der Waals surface area (Å²) in [5, 5.41) is 4.28. The Morgan fingerprint density at radius 2 is 1.90 bits per heavy atom. The average molecular weight is 310 g/mol. The van der Waals surface area contributed by atoms with E-state index in [1.807, 2.05) is 10.7 Å². The predicted octanol–water partition coefficient (Wildman–Crippen LogP) is 2.24. The molecular weight excluding hydrogens is 286 g/mol. The Labute approximate surface area is 132 Å². The summed E-state index contributed by atoms with van der Waals surface area (Å²) < 4.78 is 1.97. The summed E-state index contributed by atoms with van der Waals surface area (Å²) in [6.45, 7) is 7.36. The van der Waals surface area contributed by atoms with Crippen LogP contribution in [-0.4, -0.2) is 32.8 Å². The van der Waals surface area contributed by atoms with Gasteiger partial charge in [-0.3, -0.25) is 4.90 Å². The molecule has 2 N–H and O–H groups in total. The number of benzene rings is 1. The van der Waals surface area contributed by atoms with Gasteiger partial charge in [-0.05, 0) is 19.4 Å². The van der Waals surface area contributed by atoms with Crippen LogP contribution in [0.3, 0.4) is 0 Å². The van der Waals surface area contributed by atoms with Crippen molar-refractivity contribution in [2.75, 3.05) is 13.1 Å². The van der Waals surface area contributed by atoms with Gasteiger partial charge in [0.25, 0.3) is 0 Å². The quantitative estimate of drug-likeness (QED) is 0.852. The third-order valence-corrected chi connectivity index (χ3v) is 3.20. The number of hydrogen-bond acceptors (Lipinski definition) is 4. The molecular formula is C15H24ClN5. The van der Waals surface area contributed by atoms with E-state index in [1.165, 1.54) is 5.56 Å². The molecule has 0 fully saturated rings. The van der Waals surface area contributed by atoms with Gasteiger partial charge in [0.2, 0.25) is 0 Å². The van der Waals surface area contributed by atoms with Crippen LogP contribution in [0.5, 0.6) is 0 Å². The number of rotatable bonds is 7. The molecule has 0 aliphatic heterocycles. The van der Waals surface area contributed by atoms with E-state index in [-0.39, 0.29) is 12.4 Å². The molecule has 2 aromatic rings. The first kappa shape index (κ1) is 17.6. The van der Waals surface area contributed by atoms with Gasteiger partial charge in [0, 0.05) is 25.7 Å². The van der Waals surface area contributed by atoms with E-state index < -0.39 is 0 Å². The van der Waals surface area contributed by atoms with Crippen molar-refractivity contribution in [3.63, 3.8) is 0 Å². The van der Waals surface area contributed by atoms with Crippen LogP contribution >= 0.6 is 12.4 Å². The molecule has 6 heteroatoms. The van der Waals surface area contributed by atoms with Gasteiger partial charge in [-0.1, -0.05) is 30.3 Å². The third-order valence-electron chi connectivity index (χ3n) is 3.20. The molecule has 0 atom stereocenters. The van der Waals surface area contributed by atoms with Crippen molar-refractivity contribution in [1.29, 1.82) is 0 Å². The first-order valence-corrected chi connectivity index (χ1v) is 7.05. The molecule has 0 amide bonds. The van der Waals surface area contributed by atoms with Crippen LogP contribution in [0.2, 0.25) is 0 Å². The van der Waals surface area contributed by atoms with Gasteiger partial charge in [0.15, 0.2) is 0 Å². The normalized spacial score (nSPS) is 10.9. The monoisotopic (exact) mass is 309 g/mol. The van der Waals surface area contributed by atoms with E-state index in [0.29, 0.717) is 12.6 Å². The van der Waals surface area contributed by atoms with Crippen molar-refractivity contribution in [3.05, 3.63) is 48.0 Å². The smallest absolute Gasteiger partial charge is 0.141 e.